The summed E-state index contributed by atoms with van der Waals surface area (Å²) >= 11 is 3.19. The highest BCUT2D eigenvalue weighted by atomic mass is 79.9. The summed E-state index contributed by atoms with van der Waals surface area (Å²) in [4.78, 5) is 0.172. The Balaban J connectivity index is 3.39. The molecule has 0 radical (unpaired) electrons. The topological polar surface area (TPSA) is 60.2 Å². The normalized spacial score (nSPS) is 11.5. The van der Waals surface area contributed by atoms with Crippen molar-refractivity contribution >= 4 is 31.5 Å². The number of benzene rings is 1. The Bertz CT molecular complexity index is 400. The van der Waals surface area contributed by atoms with Crippen LogP contribution in [0.4, 0.5) is 5.69 Å². The molecule has 0 saturated heterocycles. The zero-order chi connectivity index (χ0) is 9.35. The molecule has 0 saturated carbocycles. The molecule has 5 heteroatoms. The van der Waals surface area contributed by atoms with Gasteiger partial charge in [-0.1, -0.05) is 15.9 Å². The lowest BCUT2D eigenvalue weighted by molar-refractivity contribution is 0.602. The molecule has 0 amide bonds. The predicted molar refractivity (Wildman–Crippen MR) is 51.7 cm³/mol. The summed E-state index contributed by atoms with van der Waals surface area (Å²) in [6, 6.07) is 4.69. The largest absolute Gasteiger partial charge is 0.398 e. The zero-order valence-electron chi connectivity index (χ0n) is 6.41. The predicted octanol–water partition coefficient (Wildman–Crippen LogP) is 1.43. The van der Waals surface area contributed by atoms with Gasteiger partial charge in [0.05, 0.1) is 10.6 Å². The second kappa shape index (κ2) is 3.06. The van der Waals surface area contributed by atoms with Gasteiger partial charge in [-0.25, -0.2) is 8.42 Å². The van der Waals surface area contributed by atoms with Gasteiger partial charge in [-0.2, -0.15) is 0 Å². The van der Waals surface area contributed by atoms with Crippen LogP contribution in [0.5, 0.6) is 0 Å². The third-order valence-electron chi connectivity index (χ3n) is 1.37. The van der Waals surface area contributed by atoms with Gasteiger partial charge in [0.25, 0.3) is 0 Å². The first-order valence-electron chi connectivity index (χ1n) is 3.16. The Morgan fingerprint density at radius 3 is 2.42 bits per heavy atom. The van der Waals surface area contributed by atoms with E-state index in [2.05, 4.69) is 15.9 Å². The van der Waals surface area contributed by atoms with Crippen LogP contribution < -0.4 is 5.73 Å². The van der Waals surface area contributed by atoms with Crippen molar-refractivity contribution < 1.29 is 8.42 Å². The van der Waals surface area contributed by atoms with Gasteiger partial charge in [-0.3, -0.25) is 0 Å². The number of nitrogen functional groups attached to an aromatic ring is 1. The van der Waals surface area contributed by atoms with E-state index in [1.807, 2.05) is 0 Å². The molecule has 0 spiro atoms. The quantitative estimate of drug-likeness (QED) is 0.767. The van der Waals surface area contributed by atoms with Crippen molar-refractivity contribution in [2.24, 2.45) is 0 Å². The molecule has 66 valence electrons. The van der Waals surface area contributed by atoms with Crippen molar-refractivity contribution in [3.63, 3.8) is 0 Å². The van der Waals surface area contributed by atoms with Crippen LogP contribution in [0.3, 0.4) is 0 Å². The lowest BCUT2D eigenvalue weighted by Crippen LogP contribution is -2.01. The lowest BCUT2D eigenvalue weighted by Gasteiger charge is -2.02. The minimum Gasteiger partial charge on any atom is -0.398 e. The van der Waals surface area contributed by atoms with E-state index in [1.54, 1.807) is 12.1 Å². The first-order valence-corrected chi connectivity index (χ1v) is 5.85. The molecule has 0 fully saturated rings. The molecule has 2 N–H and O–H groups in total. The molecule has 0 bridgehead atoms. The molecule has 1 aromatic rings. The minimum atomic E-state index is -3.20. The summed E-state index contributed by atoms with van der Waals surface area (Å²) in [6.45, 7) is 0. The van der Waals surface area contributed by atoms with Crippen molar-refractivity contribution in [3.8, 4) is 0 Å². The maximum Gasteiger partial charge on any atom is 0.177 e. The van der Waals surface area contributed by atoms with Crippen LogP contribution in [-0.2, 0) is 9.84 Å². The van der Waals surface area contributed by atoms with Gasteiger partial charge < -0.3 is 5.73 Å². The summed E-state index contributed by atoms with van der Waals surface area (Å²) in [6.07, 6.45) is 1.13. The average Bonchev–Trinajstić information content (AvgIpc) is 1.83. The lowest BCUT2D eigenvalue weighted by atomic mass is 10.3. The molecule has 0 atom stereocenters. The molecule has 0 heterocycles. The molecule has 0 aromatic heterocycles. The van der Waals surface area contributed by atoms with E-state index in [9.17, 15) is 8.42 Å². The van der Waals surface area contributed by atoms with Crippen LogP contribution >= 0.6 is 15.9 Å². The molecule has 0 unspecified atom stereocenters. The smallest absolute Gasteiger partial charge is 0.177 e. The molecule has 1 aromatic carbocycles. The SMILES string of the molecule is CS(=O)(=O)c1ccc(Br)cc1N. The van der Waals surface area contributed by atoms with Crippen LogP contribution in [0.1, 0.15) is 0 Å². The molecular weight excluding hydrogens is 242 g/mol. The van der Waals surface area contributed by atoms with E-state index in [4.69, 9.17) is 5.73 Å². The standard InChI is InChI=1S/C7H8BrNO2S/c1-12(10,11)7-3-2-5(8)4-6(7)9/h2-4H,9H2,1H3. The van der Waals surface area contributed by atoms with Crippen molar-refractivity contribution in [1.29, 1.82) is 0 Å². The van der Waals surface area contributed by atoms with Gasteiger partial charge >= 0.3 is 0 Å². The third-order valence-corrected chi connectivity index (χ3v) is 3.04. The van der Waals surface area contributed by atoms with Gasteiger partial charge in [0.1, 0.15) is 0 Å². The fraction of sp³-hybridized carbons (Fsp3) is 0.143. The number of anilines is 1. The highest BCUT2D eigenvalue weighted by Gasteiger charge is 2.10. The summed E-state index contributed by atoms with van der Waals surface area (Å²) in [5.74, 6) is 0. The highest BCUT2D eigenvalue weighted by Crippen LogP contribution is 2.22. The molecule has 12 heavy (non-hydrogen) atoms. The highest BCUT2D eigenvalue weighted by molar-refractivity contribution is 9.10. The van der Waals surface area contributed by atoms with E-state index < -0.39 is 9.84 Å². The van der Waals surface area contributed by atoms with Crippen molar-refractivity contribution in [3.05, 3.63) is 22.7 Å². The molecule has 0 aliphatic carbocycles. The van der Waals surface area contributed by atoms with E-state index in [0.29, 0.717) is 0 Å². The number of rotatable bonds is 1. The van der Waals surface area contributed by atoms with Crippen LogP contribution in [0.15, 0.2) is 27.6 Å². The summed E-state index contributed by atoms with van der Waals surface area (Å²) in [7, 11) is -3.20. The Hall–Kier alpha value is -0.550. The Labute approximate surface area is 79.6 Å². The first kappa shape index (κ1) is 9.54. The van der Waals surface area contributed by atoms with E-state index in [1.165, 1.54) is 6.07 Å². The van der Waals surface area contributed by atoms with Gasteiger partial charge in [0, 0.05) is 10.7 Å². The molecule has 0 aliphatic rings. The van der Waals surface area contributed by atoms with Gasteiger partial charge in [-0.05, 0) is 18.2 Å². The average molecular weight is 250 g/mol. The Morgan fingerprint density at radius 2 is 2.00 bits per heavy atom. The van der Waals surface area contributed by atoms with Gasteiger partial charge in [0.15, 0.2) is 9.84 Å². The van der Waals surface area contributed by atoms with Crippen LogP contribution in [0.2, 0.25) is 0 Å². The van der Waals surface area contributed by atoms with Crippen LogP contribution in [-0.4, -0.2) is 14.7 Å². The van der Waals surface area contributed by atoms with Crippen molar-refractivity contribution in [1.82, 2.24) is 0 Å². The molecular formula is C7H8BrNO2S. The summed E-state index contributed by atoms with van der Waals surface area (Å²) < 4.78 is 22.9. The van der Waals surface area contributed by atoms with Crippen molar-refractivity contribution in [2.45, 2.75) is 4.90 Å². The molecule has 3 nitrogen and oxygen atoms in total. The van der Waals surface area contributed by atoms with E-state index in [-0.39, 0.29) is 10.6 Å². The number of nitrogens with two attached hydrogens (primary N) is 1. The van der Waals surface area contributed by atoms with Crippen LogP contribution in [0, 0.1) is 0 Å². The maximum absolute atomic E-state index is 11.1. The number of sulfone groups is 1. The van der Waals surface area contributed by atoms with Crippen molar-refractivity contribution in [2.75, 3.05) is 12.0 Å². The summed E-state index contributed by atoms with van der Waals surface area (Å²) in [5.41, 5.74) is 5.77. The maximum atomic E-state index is 11.1. The Morgan fingerprint density at radius 1 is 1.42 bits per heavy atom. The molecule has 1 rings (SSSR count). The van der Waals surface area contributed by atoms with Gasteiger partial charge in [0.2, 0.25) is 0 Å². The fourth-order valence-electron chi connectivity index (χ4n) is 0.857. The minimum absolute atomic E-state index is 0.172. The van der Waals surface area contributed by atoms with Crippen LogP contribution in [0.25, 0.3) is 0 Å². The number of hydrogen-bond acceptors (Lipinski definition) is 3. The third kappa shape index (κ3) is 1.98. The first-order chi connectivity index (χ1) is 5.41. The van der Waals surface area contributed by atoms with E-state index >= 15 is 0 Å². The fourth-order valence-corrected chi connectivity index (χ4v) is 2.04. The number of hydrogen-bond donors (Lipinski definition) is 1. The second-order valence-corrected chi connectivity index (χ2v) is 5.35. The monoisotopic (exact) mass is 249 g/mol. The Kier molecular flexibility index (Phi) is 2.44. The van der Waals surface area contributed by atoms with E-state index in [0.717, 1.165) is 10.7 Å². The van der Waals surface area contributed by atoms with Gasteiger partial charge in [-0.15, -0.1) is 0 Å². The number of halogens is 1. The summed E-state index contributed by atoms with van der Waals surface area (Å²) in [5, 5.41) is 0. The molecule has 0 aliphatic heterocycles. The second-order valence-electron chi connectivity index (χ2n) is 2.45. The zero-order valence-corrected chi connectivity index (χ0v) is 8.81.